The van der Waals surface area contributed by atoms with Crippen LogP contribution < -0.4 is 22.1 Å². The molecule has 6 nitrogen and oxygen atoms in total. The second-order valence-electron chi connectivity index (χ2n) is 1.65. The lowest BCUT2D eigenvalue weighted by Crippen LogP contribution is -2.28. The molecule has 4 amide bonds. The predicted molar refractivity (Wildman–Crippen MR) is 46.4 cm³/mol. The van der Waals surface area contributed by atoms with Crippen LogP contribution in [0.2, 0.25) is 0 Å². The Morgan fingerprint density at radius 1 is 1.42 bits per heavy atom. The molecule has 0 aromatic rings. The minimum Gasteiger partial charge on any atom is -0.352 e. The Bertz CT molecular complexity index is 158. The van der Waals surface area contributed by atoms with Crippen molar-refractivity contribution in [3.63, 3.8) is 0 Å². The molecule has 0 fully saturated rings. The van der Waals surface area contributed by atoms with Crippen LogP contribution in [0.15, 0.2) is 12.7 Å². The van der Waals surface area contributed by atoms with E-state index in [1.54, 1.807) is 6.08 Å². The average Bonchev–Trinajstić information content (AvgIpc) is 2.02. The summed E-state index contributed by atoms with van der Waals surface area (Å²) in [6.45, 7) is 3.80. The molecule has 0 aromatic heterocycles. The van der Waals surface area contributed by atoms with Gasteiger partial charge in [0.05, 0.1) is 0 Å². The van der Waals surface area contributed by atoms with Gasteiger partial charge in [0, 0.05) is 13.6 Å². The van der Waals surface area contributed by atoms with Crippen molar-refractivity contribution in [1.29, 1.82) is 0 Å². The molecule has 0 saturated carbocycles. The molecule has 70 valence electrons. The maximum absolute atomic E-state index is 9.82. The second kappa shape index (κ2) is 9.28. The van der Waals surface area contributed by atoms with Gasteiger partial charge in [-0.25, -0.2) is 9.59 Å². The van der Waals surface area contributed by atoms with E-state index in [1.165, 1.54) is 7.05 Å². The van der Waals surface area contributed by atoms with Crippen molar-refractivity contribution in [2.24, 2.45) is 11.5 Å². The number of hydrogen-bond acceptors (Lipinski definition) is 2. The first-order chi connectivity index (χ1) is 5.54. The van der Waals surface area contributed by atoms with Crippen LogP contribution in [0.1, 0.15) is 0 Å². The molecule has 0 atom stereocenters. The summed E-state index contributed by atoms with van der Waals surface area (Å²) in [5.74, 6) is 0. The van der Waals surface area contributed by atoms with Gasteiger partial charge in [-0.15, -0.1) is 6.58 Å². The highest BCUT2D eigenvalue weighted by Crippen LogP contribution is 1.56. The number of nitrogens with one attached hydrogen (secondary N) is 2. The van der Waals surface area contributed by atoms with E-state index in [-0.39, 0.29) is 0 Å². The third-order valence-electron chi connectivity index (χ3n) is 0.667. The summed E-state index contributed by atoms with van der Waals surface area (Å²) < 4.78 is 0. The Labute approximate surface area is 71.0 Å². The first-order valence-corrected chi connectivity index (χ1v) is 3.16. The maximum Gasteiger partial charge on any atom is 0.312 e. The average molecular weight is 174 g/mol. The van der Waals surface area contributed by atoms with Crippen LogP contribution in [0.25, 0.3) is 0 Å². The van der Waals surface area contributed by atoms with E-state index in [9.17, 15) is 9.59 Å². The molecule has 0 unspecified atom stereocenters. The van der Waals surface area contributed by atoms with Crippen molar-refractivity contribution in [1.82, 2.24) is 10.6 Å². The zero-order valence-corrected chi connectivity index (χ0v) is 6.96. The molecule has 0 spiro atoms. The summed E-state index contributed by atoms with van der Waals surface area (Å²) in [6.07, 6.45) is 1.56. The van der Waals surface area contributed by atoms with Gasteiger partial charge < -0.3 is 22.1 Å². The fourth-order valence-corrected chi connectivity index (χ4v) is 0.173. The minimum atomic E-state index is -0.514. The SMILES string of the molecule is C=CCNC(N)=O.CNC(N)=O. The first-order valence-electron chi connectivity index (χ1n) is 3.16. The predicted octanol–water partition coefficient (Wildman–Crippen LogP) is -0.875. The summed E-state index contributed by atoms with van der Waals surface area (Å²) in [5.41, 5.74) is 9.22. The van der Waals surface area contributed by atoms with E-state index in [0.29, 0.717) is 6.54 Å². The highest BCUT2D eigenvalue weighted by molar-refractivity contribution is 5.71. The first kappa shape index (κ1) is 12.9. The highest BCUT2D eigenvalue weighted by atomic mass is 16.2. The van der Waals surface area contributed by atoms with Crippen LogP contribution >= 0.6 is 0 Å². The van der Waals surface area contributed by atoms with Gasteiger partial charge in [-0.1, -0.05) is 6.08 Å². The smallest absolute Gasteiger partial charge is 0.312 e. The number of nitrogens with two attached hydrogens (primary N) is 2. The van der Waals surface area contributed by atoms with Crippen molar-refractivity contribution in [2.75, 3.05) is 13.6 Å². The van der Waals surface area contributed by atoms with Gasteiger partial charge in [-0.3, -0.25) is 0 Å². The normalized spacial score (nSPS) is 7.08. The molecule has 0 bridgehead atoms. The number of hydrogen-bond donors (Lipinski definition) is 4. The van der Waals surface area contributed by atoms with Gasteiger partial charge in [0.2, 0.25) is 0 Å². The van der Waals surface area contributed by atoms with Crippen LogP contribution in [0, 0.1) is 0 Å². The summed E-state index contributed by atoms with van der Waals surface area (Å²) in [7, 11) is 1.47. The van der Waals surface area contributed by atoms with Gasteiger partial charge in [0.25, 0.3) is 0 Å². The molecular weight excluding hydrogens is 160 g/mol. The molecule has 12 heavy (non-hydrogen) atoms. The van der Waals surface area contributed by atoms with Crippen LogP contribution in [0.3, 0.4) is 0 Å². The standard InChI is InChI=1S/C4H8N2O.C2H6N2O/c1-2-3-6-4(5)7;1-4-2(3)5/h2H,1,3H2,(H3,5,6,7);1H3,(H3,3,4,5). The fraction of sp³-hybridized carbons (Fsp3) is 0.333. The quantitative estimate of drug-likeness (QED) is 0.408. The van der Waals surface area contributed by atoms with Crippen molar-refractivity contribution < 1.29 is 9.59 Å². The lowest BCUT2D eigenvalue weighted by atomic mass is 10.6. The van der Waals surface area contributed by atoms with Gasteiger partial charge in [-0.2, -0.15) is 0 Å². The fourth-order valence-electron chi connectivity index (χ4n) is 0.173. The van der Waals surface area contributed by atoms with Crippen LogP contribution in [-0.2, 0) is 0 Å². The lowest BCUT2D eigenvalue weighted by Gasteiger charge is -1.90. The Morgan fingerprint density at radius 2 is 1.83 bits per heavy atom. The summed E-state index contributed by atoms with van der Waals surface area (Å²) in [6, 6.07) is -1.01. The Morgan fingerprint density at radius 3 is 1.92 bits per heavy atom. The topological polar surface area (TPSA) is 110 Å². The lowest BCUT2D eigenvalue weighted by molar-refractivity contribution is 0.249. The molecule has 0 aromatic carbocycles. The monoisotopic (exact) mass is 174 g/mol. The van der Waals surface area contributed by atoms with Gasteiger partial charge in [-0.05, 0) is 0 Å². The maximum atomic E-state index is 9.82. The minimum absolute atomic E-state index is 0.440. The van der Waals surface area contributed by atoms with E-state index in [2.05, 4.69) is 28.7 Å². The molecular formula is C6H14N4O2. The molecule has 0 aliphatic carbocycles. The number of amides is 4. The van der Waals surface area contributed by atoms with Crippen molar-refractivity contribution in [3.8, 4) is 0 Å². The Kier molecular flexibility index (Phi) is 9.99. The third-order valence-corrected chi connectivity index (χ3v) is 0.667. The molecule has 6 heteroatoms. The van der Waals surface area contributed by atoms with Crippen molar-refractivity contribution in [2.45, 2.75) is 0 Å². The van der Waals surface area contributed by atoms with E-state index in [0.717, 1.165) is 0 Å². The van der Waals surface area contributed by atoms with Gasteiger partial charge in [0.15, 0.2) is 0 Å². The summed E-state index contributed by atoms with van der Waals surface area (Å²) in [5, 5.41) is 4.48. The van der Waals surface area contributed by atoms with E-state index >= 15 is 0 Å². The Balaban J connectivity index is 0. The zero-order chi connectivity index (χ0) is 9.98. The molecule has 0 rings (SSSR count). The largest absolute Gasteiger partial charge is 0.352 e. The van der Waals surface area contributed by atoms with Crippen LogP contribution in [0.4, 0.5) is 9.59 Å². The number of carbonyl (C=O) groups is 2. The zero-order valence-electron chi connectivity index (χ0n) is 6.96. The van der Waals surface area contributed by atoms with Crippen molar-refractivity contribution >= 4 is 12.1 Å². The number of urea groups is 2. The summed E-state index contributed by atoms with van der Waals surface area (Å²) in [4.78, 5) is 19.3. The molecule has 6 N–H and O–H groups in total. The summed E-state index contributed by atoms with van der Waals surface area (Å²) >= 11 is 0. The van der Waals surface area contributed by atoms with E-state index in [1.807, 2.05) is 0 Å². The molecule has 0 heterocycles. The number of rotatable bonds is 2. The van der Waals surface area contributed by atoms with Crippen LogP contribution in [-0.4, -0.2) is 25.7 Å². The molecule has 0 saturated heterocycles. The highest BCUT2D eigenvalue weighted by Gasteiger charge is 1.81. The number of carbonyl (C=O) groups excluding carboxylic acids is 2. The van der Waals surface area contributed by atoms with E-state index < -0.39 is 12.1 Å². The van der Waals surface area contributed by atoms with Crippen LogP contribution in [0.5, 0.6) is 0 Å². The molecule has 0 aliphatic rings. The number of primary amides is 2. The molecule has 0 aliphatic heterocycles. The van der Waals surface area contributed by atoms with Gasteiger partial charge >= 0.3 is 12.1 Å². The molecule has 0 radical (unpaired) electrons. The van der Waals surface area contributed by atoms with E-state index in [4.69, 9.17) is 0 Å². The van der Waals surface area contributed by atoms with Crippen molar-refractivity contribution in [3.05, 3.63) is 12.7 Å². The Hall–Kier alpha value is -1.72. The third kappa shape index (κ3) is 24.0. The second-order valence-corrected chi connectivity index (χ2v) is 1.65. The van der Waals surface area contributed by atoms with Gasteiger partial charge in [0.1, 0.15) is 0 Å².